The van der Waals surface area contributed by atoms with Crippen LogP contribution in [0, 0.1) is 5.92 Å². The molecule has 24 heavy (non-hydrogen) atoms. The number of benzene rings is 1. The van der Waals surface area contributed by atoms with Crippen molar-refractivity contribution in [3.8, 4) is 5.75 Å². The Hall–Kier alpha value is -1.55. The van der Waals surface area contributed by atoms with Gasteiger partial charge in [0.05, 0.1) is 12.7 Å². The maximum absolute atomic E-state index is 12.4. The van der Waals surface area contributed by atoms with Gasteiger partial charge in [-0.15, -0.1) is 0 Å². The summed E-state index contributed by atoms with van der Waals surface area (Å²) in [5.41, 5.74) is 1.19. The molecule has 4 heteroatoms. The predicted molar refractivity (Wildman–Crippen MR) is 94.2 cm³/mol. The van der Waals surface area contributed by atoms with Crippen LogP contribution in [0.3, 0.4) is 0 Å². The number of hydrogen-bond acceptors (Lipinski definition) is 3. The first-order valence-corrected chi connectivity index (χ1v) is 9.35. The minimum atomic E-state index is 0.249. The Morgan fingerprint density at radius 2 is 2.00 bits per heavy atom. The molecule has 0 aromatic heterocycles. The zero-order chi connectivity index (χ0) is 16.8. The van der Waals surface area contributed by atoms with E-state index in [9.17, 15) is 4.79 Å². The number of rotatable bonds is 9. The third kappa shape index (κ3) is 5.23. The summed E-state index contributed by atoms with van der Waals surface area (Å²) in [6, 6.07) is 8.10. The lowest BCUT2D eigenvalue weighted by atomic mass is 10.1. The molecule has 1 atom stereocenters. The Morgan fingerprint density at radius 1 is 1.21 bits per heavy atom. The van der Waals surface area contributed by atoms with E-state index in [4.69, 9.17) is 9.47 Å². The van der Waals surface area contributed by atoms with Gasteiger partial charge in [0.15, 0.2) is 0 Å². The van der Waals surface area contributed by atoms with Gasteiger partial charge >= 0.3 is 0 Å². The Kier molecular flexibility index (Phi) is 6.13. The fraction of sp³-hybridized carbons (Fsp3) is 0.650. The second-order valence-electron chi connectivity index (χ2n) is 7.02. The van der Waals surface area contributed by atoms with Gasteiger partial charge in [0.25, 0.3) is 0 Å². The van der Waals surface area contributed by atoms with Crippen LogP contribution in [-0.4, -0.2) is 43.2 Å². The van der Waals surface area contributed by atoms with Crippen LogP contribution in [0.5, 0.6) is 5.75 Å². The summed E-state index contributed by atoms with van der Waals surface area (Å²) in [4.78, 5) is 14.3. The van der Waals surface area contributed by atoms with Crippen molar-refractivity contribution in [2.75, 3.05) is 26.3 Å². The average molecular weight is 331 g/mol. The first-order chi connectivity index (χ1) is 11.7. The van der Waals surface area contributed by atoms with Crippen molar-refractivity contribution in [1.82, 2.24) is 4.90 Å². The molecular weight excluding hydrogens is 302 g/mol. The maximum atomic E-state index is 12.4. The number of aryl methyl sites for hydroxylation is 1. The van der Waals surface area contributed by atoms with Crippen molar-refractivity contribution in [2.45, 2.75) is 51.6 Å². The fourth-order valence-electron chi connectivity index (χ4n) is 3.03. The number of nitrogens with zero attached hydrogens (tertiary/aromatic N) is 1. The summed E-state index contributed by atoms with van der Waals surface area (Å²) in [5.74, 6) is 1.94. The highest BCUT2D eigenvalue weighted by molar-refractivity contribution is 5.76. The Morgan fingerprint density at radius 3 is 2.71 bits per heavy atom. The average Bonchev–Trinajstić information content (AvgIpc) is 3.32. The number of ether oxygens (including phenoxy) is 2. The second-order valence-corrected chi connectivity index (χ2v) is 7.02. The third-order valence-corrected chi connectivity index (χ3v) is 4.79. The minimum absolute atomic E-state index is 0.249. The number of amides is 1. The quantitative estimate of drug-likeness (QED) is 0.696. The topological polar surface area (TPSA) is 38.8 Å². The van der Waals surface area contributed by atoms with E-state index in [1.807, 2.05) is 17.0 Å². The van der Waals surface area contributed by atoms with Crippen LogP contribution in [0.4, 0.5) is 0 Å². The molecule has 2 aliphatic rings. The maximum Gasteiger partial charge on any atom is 0.222 e. The number of carbonyl (C=O) groups excluding carboxylic acids is 1. The molecule has 0 spiro atoms. The van der Waals surface area contributed by atoms with E-state index in [1.165, 1.54) is 18.4 Å². The molecule has 132 valence electrons. The Balaban J connectivity index is 1.37. The fourth-order valence-corrected chi connectivity index (χ4v) is 3.03. The lowest BCUT2D eigenvalue weighted by Gasteiger charge is -2.17. The molecule has 1 heterocycles. The minimum Gasteiger partial charge on any atom is -0.494 e. The van der Waals surface area contributed by atoms with Gasteiger partial charge in [-0.1, -0.05) is 19.1 Å². The molecule has 1 saturated heterocycles. The molecule has 0 bridgehead atoms. The monoisotopic (exact) mass is 331 g/mol. The number of carbonyl (C=O) groups is 1. The highest BCUT2D eigenvalue weighted by Crippen LogP contribution is 2.30. The zero-order valence-electron chi connectivity index (χ0n) is 14.7. The van der Waals surface area contributed by atoms with Gasteiger partial charge in [-0.3, -0.25) is 4.79 Å². The molecule has 4 nitrogen and oxygen atoms in total. The smallest absolute Gasteiger partial charge is 0.222 e. The highest BCUT2D eigenvalue weighted by atomic mass is 16.5. The van der Waals surface area contributed by atoms with E-state index < -0.39 is 0 Å². The Bertz CT molecular complexity index is 524. The van der Waals surface area contributed by atoms with Gasteiger partial charge in [0, 0.05) is 26.1 Å². The summed E-state index contributed by atoms with van der Waals surface area (Å²) in [5, 5.41) is 0. The van der Waals surface area contributed by atoms with Crippen LogP contribution in [-0.2, 0) is 16.0 Å². The largest absolute Gasteiger partial charge is 0.494 e. The Labute approximate surface area is 145 Å². The van der Waals surface area contributed by atoms with Crippen LogP contribution in [0.2, 0.25) is 0 Å². The molecule has 0 N–H and O–H groups in total. The molecule has 1 aliphatic heterocycles. The molecule has 2 fully saturated rings. The van der Waals surface area contributed by atoms with Crippen molar-refractivity contribution in [1.29, 1.82) is 0 Å². The first kappa shape index (κ1) is 17.3. The van der Waals surface area contributed by atoms with Crippen LogP contribution < -0.4 is 4.74 Å². The molecule has 1 amide bonds. The molecule has 0 radical (unpaired) electrons. The van der Waals surface area contributed by atoms with E-state index >= 15 is 0 Å². The van der Waals surface area contributed by atoms with Crippen LogP contribution >= 0.6 is 0 Å². The van der Waals surface area contributed by atoms with Gasteiger partial charge in [-0.25, -0.2) is 0 Å². The van der Waals surface area contributed by atoms with E-state index in [0.29, 0.717) is 6.42 Å². The van der Waals surface area contributed by atoms with Crippen molar-refractivity contribution < 1.29 is 14.3 Å². The van der Waals surface area contributed by atoms with Gasteiger partial charge in [-0.05, 0) is 55.7 Å². The van der Waals surface area contributed by atoms with Crippen LogP contribution in [0.25, 0.3) is 0 Å². The molecule has 1 saturated carbocycles. The lowest BCUT2D eigenvalue weighted by molar-refractivity contribution is -0.130. The van der Waals surface area contributed by atoms with Crippen molar-refractivity contribution in [3.63, 3.8) is 0 Å². The molecule has 3 rings (SSSR count). The summed E-state index contributed by atoms with van der Waals surface area (Å²) in [6.07, 6.45) is 6.25. The zero-order valence-corrected chi connectivity index (χ0v) is 14.7. The van der Waals surface area contributed by atoms with E-state index in [-0.39, 0.29) is 12.0 Å². The molecule has 1 aromatic rings. The summed E-state index contributed by atoms with van der Waals surface area (Å²) in [7, 11) is 0. The molecule has 1 aromatic carbocycles. The molecule has 1 aliphatic carbocycles. The van der Waals surface area contributed by atoms with Gasteiger partial charge in [-0.2, -0.15) is 0 Å². The summed E-state index contributed by atoms with van der Waals surface area (Å²) in [6.45, 7) is 5.35. The molecular formula is C20H29NO3. The van der Waals surface area contributed by atoms with E-state index in [0.717, 1.165) is 57.2 Å². The van der Waals surface area contributed by atoms with Gasteiger partial charge < -0.3 is 14.4 Å². The third-order valence-electron chi connectivity index (χ3n) is 4.79. The van der Waals surface area contributed by atoms with Crippen molar-refractivity contribution in [2.24, 2.45) is 5.92 Å². The van der Waals surface area contributed by atoms with Crippen molar-refractivity contribution in [3.05, 3.63) is 29.8 Å². The SMILES string of the molecule is CCCOc1ccc(CCC(=O)N2CC[C@@H](OCC3CC3)C2)cc1. The normalized spacial score (nSPS) is 20.4. The number of likely N-dealkylation sites (tertiary alicyclic amines) is 1. The number of hydrogen-bond donors (Lipinski definition) is 0. The van der Waals surface area contributed by atoms with Crippen LogP contribution in [0.1, 0.15) is 44.6 Å². The predicted octanol–water partition coefficient (Wildman–Crippen LogP) is 3.44. The second kappa shape index (κ2) is 8.52. The molecule has 0 unspecified atom stereocenters. The lowest BCUT2D eigenvalue weighted by Crippen LogP contribution is -2.30. The standard InChI is InChI=1S/C20H29NO3/c1-2-13-23-18-8-5-16(6-9-18)7-10-20(22)21-12-11-19(14-21)24-15-17-3-4-17/h5-6,8-9,17,19H,2-4,7,10-15H2,1H3/t19-/m1/s1. The van der Waals surface area contributed by atoms with Gasteiger partial charge in [0.1, 0.15) is 5.75 Å². The highest BCUT2D eigenvalue weighted by Gasteiger charge is 2.29. The summed E-state index contributed by atoms with van der Waals surface area (Å²) >= 11 is 0. The van der Waals surface area contributed by atoms with Crippen molar-refractivity contribution >= 4 is 5.91 Å². The van der Waals surface area contributed by atoms with E-state index in [2.05, 4.69) is 19.1 Å². The summed E-state index contributed by atoms with van der Waals surface area (Å²) < 4.78 is 11.5. The van der Waals surface area contributed by atoms with Crippen LogP contribution in [0.15, 0.2) is 24.3 Å². The van der Waals surface area contributed by atoms with Gasteiger partial charge in [0.2, 0.25) is 5.91 Å². The van der Waals surface area contributed by atoms with E-state index in [1.54, 1.807) is 0 Å². The first-order valence-electron chi connectivity index (χ1n) is 9.35.